The molecule has 1 unspecified atom stereocenters. The zero-order valence-electron chi connectivity index (χ0n) is 15.6. The van der Waals surface area contributed by atoms with Gasteiger partial charge in [-0.3, -0.25) is 4.79 Å². The predicted molar refractivity (Wildman–Crippen MR) is 103 cm³/mol. The maximum Gasteiger partial charge on any atom is 0.416 e. The lowest BCUT2D eigenvalue weighted by Gasteiger charge is -2.31. The van der Waals surface area contributed by atoms with E-state index in [1.807, 2.05) is 42.2 Å². The van der Waals surface area contributed by atoms with Gasteiger partial charge in [-0.05, 0) is 29.7 Å². The number of ether oxygens (including phenoxy) is 1. The van der Waals surface area contributed by atoms with Crippen molar-refractivity contribution >= 4 is 17.3 Å². The van der Waals surface area contributed by atoms with E-state index in [9.17, 15) is 18.0 Å². The second kappa shape index (κ2) is 8.65. The van der Waals surface area contributed by atoms with Crippen molar-refractivity contribution in [2.75, 3.05) is 36.5 Å². The van der Waals surface area contributed by atoms with Gasteiger partial charge >= 0.3 is 6.18 Å². The number of nitrogens with one attached hydrogen (secondary N) is 1. The first-order valence-corrected chi connectivity index (χ1v) is 9.23. The highest BCUT2D eigenvalue weighted by molar-refractivity contribution is 5.95. The lowest BCUT2D eigenvalue weighted by Crippen LogP contribution is -2.37. The van der Waals surface area contributed by atoms with Crippen LogP contribution in [0.1, 0.15) is 30.4 Å². The molecule has 1 amide bonds. The number of morpholine rings is 1. The summed E-state index contributed by atoms with van der Waals surface area (Å²) in [6, 6.07) is 13.0. The van der Waals surface area contributed by atoms with Crippen LogP contribution in [0.25, 0.3) is 0 Å². The Labute approximate surface area is 162 Å². The van der Waals surface area contributed by atoms with E-state index in [-0.39, 0.29) is 23.9 Å². The van der Waals surface area contributed by atoms with Crippen molar-refractivity contribution in [2.45, 2.75) is 25.4 Å². The molecule has 1 aliphatic rings. The smallest absolute Gasteiger partial charge is 0.378 e. The zero-order valence-corrected chi connectivity index (χ0v) is 15.6. The highest BCUT2D eigenvalue weighted by Gasteiger charge is 2.32. The van der Waals surface area contributed by atoms with Crippen LogP contribution >= 0.6 is 0 Å². The van der Waals surface area contributed by atoms with Crippen LogP contribution < -0.4 is 10.2 Å². The van der Waals surface area contributed by atoms with Gasteiger partial charge in [0, 0.05) is 19.5 Å². The average Bonchev–Trinajstić information content (AvgIpc) is 2.68. The minimum atomic E-state index is -4.47. The van der Waals surface area contributed by atoms with Crippen molar-refractivity contribution in [1.82, 2.24) is 0 Å². The van der Waals surface area contributed by atoms with E-state index >= 15 is 0 Å². The van der Waals surface area contributed by atoms with E-state index in [1.165, 1.54) is 6.07 Å². The second-order valence-corrected chi connectivity index (χ2v) is 6.89. The van der Waals surface area contributed by atoms with Gasteiger partial charge in [0.25, 0.3) is 0 Å². The SMILES string of the molecule is CC(CC(=O)Nc1cc(C(F)(F)F)ccc1N1CCOCC1)c1ccccc1. The molecule has 0 radical (unpaired) electrons. The molecule has 1 heterocycles. The zero-order chi connectivity index (χ0) is 20.1. The van der Waals surface area contributed by atoms with Gasteiger partial charge in [0.05, 0.1) is 30.2 Å². The average molecular weight is 392 g/mol. The standard InChI is InChI=1S/C21H23F3N2O2/c1-15(16-5-3-2-4-6-16)13-20(27)25-18-14-17(21(22,23)24)7-8-19(18)26-9-11-28-12-10-26/h2-8,14-15H,9-13H2,1H3,(H,25,27). The highest BCUT2D eigenvalue weighted by atomic mass is 19.4. The molecular formula is C21H23F3N2O2. The van der Waals surface area contributed by atoms with E-state index in [0.717, 1.165) is 17.7 Å². The molecule has 0 bridgehead atoms. The van der Waals surface area contributed by atoms with Crippen molar-refractivity contribution in [2.24, 2.45) is 0 Å². The molecule has 1 aliphatic heterocycles. The minimum Gasteiger partial charge on any atom is -0.378 e. The number of rotatable bonds is 5. The molecule has 7 heteroatoms. The number of alkyl halides is 3. The fourth-order valence-electron chi connectivity index (χ4n) is 3.27. The van der Waals surface area contributed by atoms with E-state index in [4.69, 9.17) is 4.74 Å². The van der Waals surface area contributed by atoms with Crippen molar-refractivity contribution in [3.05, 3.63) is 59.7 Å². The molecule has 3 rings (SSSR count). The topological polar surface area (TPSA) is 41.6 Å². The number of nitrogens with zero attached hydrogens (tertiary/aromatic N) is 1. The van der Waals surface area contributed by atoms with Gasteiger partial charge in [0.1, 0.15) is 0 Å². The fraction of sp³-hybridized carbons (Fsp3) is 0.381. The van der Waals surface area contributed by atoms with Crippen LogP contribution in [0.15, 0.2) is 48.5 Å². The number of amides is 1. The number of hydrogen-bond acceptors (Lipinski definition) is 3. The van der Waals surface area contributed by atoms with Gasteiger partial charge in [-0.15, -0.1) is 0 Å². The van der Waals surface area contributed by atoms with E-state index < -0.39 is 11.7 Å². The molecule has 1 fully saturated rings. The number of anilines is 2. The first-order chi connectivity index (χ1) is 13.3. The monoisotopic (exact) mass is 392 g/mol. The minimum absolute atomic E-state index is 0.0427. The van der Waals surface area contributed by atoms with Crippen LogP contribution in [0.2, 0.25) is 0 Å². The summed E-state index contributed by atoms with van der Waals surface area (Å²) in [5.41, 5.74) is 0.991. The van der Waals surface area contributed by atoms with Crippen LogP contribution in [-0.4, -0.2) is 32.2 Å². The van der Waals surface area contributed by atoms with E-state index in [1.54, 1.807) is 0 Å². The Balaban J connectivity index is 1.80. The van der Waals surface area contributed by atoms with Gasteiger partial charge in [-0.2, -0.15) is 13.2 Å². The normalized spacial score (nSPS) is 15.9. The van der Waals surface area contributed by atoms with Gasteiger partial charge in [0.2, 0.25) is 5.91 Å². The maximum absolute atomic E-state index is 13.2. The predicted octanol–water partition coefficient (Wildman–Crippen LogP) is 4.67. The summed E-state index contributed by atoms with van der Waals surface area (Å²) >= 11 is 0. The molecular weight excluding hydrogens is 369 g/mol. The lowest BCUT2D eigenvalue weighted by atomic mass is 9.97. The second-order valence-electron chi connectivity index (χ2n) is 6.89. The molecule has 4 nitrogen and oxygen atoms in total. The van der Waals surface area contributed by atoms with Crippen molar-refractivity contribution in [3.63, 3.8) is 0 Å². The number of carbonyl (C=O) groups is 1. The molecule has 2 aromatic carbocycles. The molecule has 150 valence electrons. The summed E-state index contributed by atoms with van der Waals surface area (Å²) < 4.78 is 44.8. The van der Waals surface area contributed by atoms with Gasteiger partial charge < -0.3 is 15.0 Å². The van der Waals surface area contributed by atoms with Gasteiger partial charge in [-0.25, -0.2) is 0 Å². The van der Waals surface area contributed by atoms with Gasteiger partial charge in [-0.1, -0.05) is 37.3 Å². The Bertz CT molecular complexity index is 803. The molecule has 28 heavy (non-hydrogen) atoms. The third kappa shape index (κ3) is 5.04. The quantitative estimate of drug-likeness (QED) is 0.804. The van der Waals surface area contributed by atoms with Crippen LogP contribution in [-0.2, 0) is 15.7 Å². The summed E-state index contributed by atoms with van der Waals surface area (Å²) in [4.78, 5) is 14.5. The number of carbonyl (C=O) groups excluding carboxylic acids is 1. The van der Waals surface area contributed by atoms with Crippen LogP contribution in [0.4, 0.5) is 24.5 Å². The van der Waals surface area contributed by atoms with Crippen LogP contribution in [0.3, 0.4) is 0 Å². The van der Waals surface area contributed by atoms with Crippen molar-refractivity contribution in [1.29, 1.82) is 0 Å². The maximum atomic E-state index is 13.2. The molecule has 0 aliphatic carbocycles. The Kier molecular flexibility index (Phi) is 6.24. The third-order valence-corrected chi connectivity index (χ3v) is 4.81. The molecule has 2 aromatic rings. The van der Waals surface area contributed by atoms with Crippen LogP contribution in [0.5, 0.6) is 0 Å². The third-order valence-electron chi connectivity index (χ3n) is 4.81. The molecule has 1 saturated heterocycles. The largest absolute Gasteiger partial charge is 0.416 e. The van der Waals surface area contributed by atoms with E-state index in [0.29, 0.717) is 32.0 Å². The number of halogens is 3. The summed E-state index contributed by atoms with van der Waals surface area (Å²) in [7, 11) is 0. The number of benzene rings is 2. The Morgan fingerprint density at radius 3 is 2.46 bits per heavy atom. The summed E-state index contributed by atoms with van der Waals surface area (Å²) in [6.45, 7) is 4.05. The van der Waals surface area contributed by atoms with Crippen molar-refractivity contribution in [3.8, 4) is 0 Å². The fourth-order valence-corrected chi connectivity index (χ4v) is 3.27. The Hall–Kier alpha value is -2.54. The van der Waals surface area contributed by atoms with Crippen LogP contribution in [0, 0.1) is 0 Å². The summed E-state index contributed by atoms with van der Waals surface area (Å²) in [5.74, 6) is -0.357. The molecule has 1 atom stereocenters. The summed E-state index contributed by atoms with van der Waals surface area (Å²) in [6.07, 6.45) is -4.29. The molecule has 0 aromatic heterocycles. The molecule has 0 spiro atoms. The molecule has 0 saturated carbocycles. The first-order valence-electron chi connectivity index (χ1n) is 9.23. The lowest BCUT2D eigenvalue weighted by molar-refractivity contribution is -0.137. The first kappa shape index (κ1) is 20.2. The Morgan fingerprint density at radius 1 is 1.14 bits per heavy atom. The summed E-state index contributed by atoms with van der Waals surface area (Å²) in [5, 5.41) is 2.70. The highest BCUT2D eigenvalue weighted by Crippen LogP contribution is 2.36. The molecule has 1 N–H and O–H groups in total. The van der Waals surface area contributed by atoms with Crippen molar-refractivity contribution < 1.29 is 22.7 Å². The number of hydrogen-bond donors (Lipinski definition) is 1. The van der Waals surface area contributed by atoms with E-state index in [2.05, 4.69) is 5.32 Å². The van der Waals surface area contributed by atoms with Gasteiger partial charge in [0.15, 0.2) is 0 Å². The Morgan fingerprint density at radius 2 is 1.82 bits per heavy atom.